The van der Waals surface area contributed by atoms with Crippen LogP contribution in [0.3, 0.4) is 0 Å². The number of hydrogen-bond donors (Lipinski definition) is 2. The Kier molecular flexibility index (Phi) is 10.5. The third-order valence-corrected chi connectivity index (χ3v) is 5.46. The number of anilines is 2. The molecular formula is C28H35N5O4. The van der Waals surface area contributed by atoms with E-state index in [1.54, 1.807) is 18.3 Å². The minimum atomic E-state index is 0.0437. The van der Waals surface area contributed by atoms with Gasteiger partial charge in [0.2, 0.25) is 6.41 Å². The summed E-state index contributed by atoms with van der Waals surface area (Å²) in [6.45, 7) is 11.4. The fraction of sp³-hybridized carbons (Fsp3) is 0.393. The van der Waals surface area contributed by atoms with E-state index in [4.69, 9.17) is 14.0 Å². The highest BCUT2D eigenvalue weighted by molar-refractivity contribution is 5.70. The highest BCUT2D eigenvalue weighted by Gasteiger charge is 2.19. The molecule has 2 aromatic heterocycles. The molecule has 0 bridgehead atoms. The number of benzene rings is 1. The van der Waals surface area contributed by atoms with E-state index in [1.165, 1.54) is 0 Å². The van der Waals surface area contributed by atoms with Crippen LogP contribution in [0.2, 0.25) is 0 Å². The van der Waals surface area contributed by atoms with Crippen molar-refractivity contribution >= 4 is 17.9 Å². The predicted molar refractivity (Wildman–Crippen MR) is 144 cm³/mol. The van der Waals surface area contributed by atoms with Gasteiger partial charge < -0.3 is 24.6 Å². The third-order valence-electron chi connectivity index (χ3n) is 5.46. The predicted octanol–water partition coefficient (Wildman–Crippen LogP) is 3.77. The second-order valence-corrected chi connectivity index (χ2v) is 9.35. The van der Waals surface area contributed by atoms with Crippen LogP contribution in [0.5, 0.6) is 5.75 Å². The Bertz CT molecular complexity index is 1150. The summed E-state index contributed by atoms with van der Waals surface area (Å²) in [5.41, 5.74) is 2.22. The van der Waals surface area contributed by atoms with Gasteiger partial charge in [-0.3, -0.25) is 9.69 Å². The number of nitrogens with zero attached hydrogens (tertiary/aromatic N) is 3. The fourth-order valence-electron chi connectivity index (χ4n) is 3.26. The largest absolute Gasteiger partial charge is 0.492 e. The van der Waals surface area contributed by atoms with E-state index in [2.05, 4.69) is 58.3 Å². The lowest BCUT2D eigenvalue weighted by Gasteiger charge is -2.26. The molecule has 9 heteroatoms. The average molecular weight is 506 g/mol. The normalized spacial score (nSPS) is 13.4. The molecule has 196 valence electrons. The fourth-order valence-corrected chi connectivity index (χ4v) is 3.26. The molecule has 1 aliphatic rings. The maximum absolute atomic E-state index is 10.4. The molecule has 9 nitrogen and oxygen atoms in total. The Morgan fingerprint density at radius 1 is 1.11 bits per heavy atom. The van der Waals surface area contributed by atoms with Crippen molar-refractivity contribution in [3.63, 3.8) is 0 Å². The van der Waals surface area contributed by atoms with Gasteiger partial charge in [0, 0.05) is 43.7 Å². The minimum Gasteiger partial charge on any atom is -0.492 e. The molecule has 4 rings (SSSR count). The van der Waals surface area contributed by atoms with Gasteiger partial charge in [-0.2, -0.15) is 0 Å². The number of carbonyl (C=O) groups is 1. The van der Waals surface area contributed by atoms with Crippen LogP contribution < -0.4 is 15.4 Å². The van der Waals surface area contributed by atoms with Gasteiger partial charge in [0.25, 0.3) is 0 Å². The monoisotopic (exact) mass is 505 g/mol. The number of morpholine rings is 1. The molecule has 0 radical (unpaired) electrons. The van der Waals surface area contributed by atoms with Gasteiger partial charge in [-0.1, -0.05) is 31.8 Å². The van der Waals surface area contributed by atoms with Crippen molar-refractivity contribution in [2.24, 2.45) is 0 Å². The smallest absolute Gasteiger partial charge is 0.211 e. The first-order chi connectivity index (χ1) is 17.9. The summed E-state index contributed by atoms with van der Waals surface area (Å²) in [7, 11) is 1.82. The van der Waals surface area contributed by atoms with Crippen molar-refractivity contribution in [1.82, 2.24) is 15.0 Å². The summed E-state index contributed by atoms with van der Waals surface area (Å²) in [6.07, 6.45) is 2.19. The number of amides is 1. The van der Waals surface area contributed by atoms with Crippen molar-refractivity contribution in [2.45, 2.75) is 26.2 Å². The van der Waals surface area contributed by atoms with Crippen LogP contribution in [0.25, 0.3) is 0 Å². The standard InChI is InChI=1S/C20H21N3O3.C8H14N2O/c24-16-22-19-6-5-18(21-15-19)4-1-17-2-7-20(8-3-17)26-14-11-23-9-12-25-13-10-23;1-8(2,3)6-5-7(9-4)10-11-6/h2-3,5-8,15-16H,9-14H2,(H,22,24);5H,1-4H3,(H,9,10). The number of ether oxygens (including phenoxy) is 2. The van der Waals surface area contributed by atoms with Crippen molar-refractivity contribution in [3.05, 3.63) is 65.7 Å². The zero-order chi connectivity index (χ0) is 26.5. The van der Waals surface area contributed by atoms with Gasteiger partial charge in [0.15, 0.2) is 5.82 Å². The van der Waals surface area contributed by atoms with Gasteiger partial charge in [-0.15, -0.1) is 0 Å². The lowest BCUT2D eigenvalue weighted by atomic mass is 9.93. The van der Waals surface area contributed by atoms with Gasteiger partial charge in [0.1, 0.15) is 23.8 Å². The minimum absolute atomic E-state index is 0.0437. The summed E-state index contributed by atoms with van der Waals surface area (Å²) < 4.78 is 16.2. The summed E-state index contributed by atoms with van der Waals surface area (Å²) in [5, 5.41) is 9.27. The Balaban J connectivity index is 0.000000289. The molecule has 3 heterocycles. The van der Waals surface area contributed by atoms with Crippen LogP contribution in [0.1, 0.15) is 37.8 Å². The summed E-state index contributed by atoms with van der Waals surface area (Å²) in [5.74, 6) is 8.60. The molecule has 3 aromatic rings. The van der Waals surface area contributed by atoms with Crippen LogP contribution in [-0.4, -0.2) is 68.0 Å². The SMILES string of the molecule is CNc1cc(C(C)(C)C)on1.O=CNc1ccc(C#Cc2ccc(OCCN3CCOCC3)cc2)nc1. The molecule has 1 fully saturated rings. The first kappa shape index (κ1) is 27.7. The van der Waals surface area contributed by atoms with Crippen LogP contribution in [0.4, 0.5) is 11.5 Å². The van der Waals surface area contributed by atoms with E-state index >= 15 is 0 Å². The maximum Gasteiger partial charge on any atom is 0.211 e. The van der Waals surface area contributed by atoms with Gasteiger partial charge >= 0.3 is 0 Å². The van der Waals surface area contributed by atoms with E-state index in [9.17, 15) is 4.79 Å². The van der Waals surface area contributed by atoms with E-state index in [0.29, 0.717) is 24.4 Å². The van der Waals surface area contributed by atoms with Crippen LogP contribution >= 0.6 is 0 Å². The molecule has 0 spiro atoms. The molecule has 1 amide bonds. The number of nitrogens with one attached hydrogen (secondary N) is 2. The van der Waals surface area contributed by atoms with Gasteiger partial charge in [-0.25, -0.2) is 4.98 Å². The molecule has 0 atom stereocenters. The molecule has 0 saturated carbocycles. The van der Waals surface area contributed by atoms with E-state index in [0.717, 1.165) is 55.7 Å². The molecule has 1 aliphatic heterocycles. The Labute approximate surface area is 218 Å². The highest BCUT2D eigenvalue weighted by atomic mass is 16.5. The molecular weight excluding hydrogens is 470 g/mol. The second-order valence-electron chi connectivity index (χ2n) is 9.35. The Morgan fingerprint density at radius 3 is 2.43 bits per heavy atom. The number of hydrogen-bond acceptors (Lipinski definition) is 8. The number of rotatable bonds is 7. The molecule has 2 N–H and O–H groups in total. The van der Waals surface area contributed by atoms with Gasteiger partial charge in [0.05, 0.1) is 25.1 Å². The first-order valence-corrected chi connectivity index (χ1v) is 12.2. The van der Waals surface area contributed by atoms with Gasteiger partial charge in [-0.05, 0) is 42.3 Å². The van der Waals surface area contributed by atoms with Crippen molar-refractivity contribution in [3.8, 4) is 17.6 Å². The molecule has 1 saturated heterocycles. The average Bonchev–Trinajstić information content (AvgIpc) is 3.41. The molecule has 1 aromatic carbocycles. The maximum atomic E-state index is 10.4. The van der Waals surface area contributed by atoms with E-state index in [1.807, 2.05) is 37.4 Å². The summed E-state index contributed by atoms with van der Waals surface area (Å²) in [6, 6.07) is 13.2. The first-order valence-electron chi connectivity index (χ1n) is 12.2. The topological polar surface area (TPSA) is 102 Å². The highest BCUT2D eigenvalue weighted by Crippen LogP contribution is 2.23. The Hall–Kier alpha value is -3.87. The number of aromatic nitrogens is 2. The van der Waals surface area contributed by atoms with Crippen molar-refractivity contribution in [2.75, 3.05) is 57.1 Å². The second kappa shape index (κ2) is 14.0. The van der Waals surface area contributed by atoms with Crippen LogP contribution in [-0.2, 0) is 14.9 Å². The van der Waals surface area contributed by atoms with Crippen LogP contribution in [0.15, 0.2) is 53.2 Å². The van der Waals surface area contributed by atoms with E-state index in [-0.39, 0.29) is 5.41 Å². The molecule has 0 unspecified atom stereocenters. The quantitative estimate of drug-likeness (QED) is 0.370. The zero-order valence-electron chi connectivity index (χ0n) is 21.9. The summed E-state index contributed by atoms with van der Waals surface area (Å²) >= 11 is 0. The van der Waals surface area contributed by atoms with Crippen molar-refractivity contribution in [1.29, 1.82) is 0 Å². The lowest BCUT2D eigenvalue weighted by molar-refractivity contribution is -0.105. The van der Waals surface area contributed by atoms with Crippen molar-refractivity contribution < 1.29 is 18.8 Å². The number of pyridine rings is 1. The number of carbonyl (C=O) groups excluding carboxylic acids is 1. The van der Waals surface area contributed by atoms with E-state index < -0.39 is 0 Å². The zero-order valence-corrected chi connectivity index (χ0v) is 21.9. The van der Waals surface area contributed by atoms with Crippen LogP contribution in [0, 0.1) is 11.8 Å². The third kappa shape index (κ3) is 9.60. The molecule has 0 aliphatic carbocycles. The Morgan fingerprint density at radius 2 is 1.86 bits per heavy atom. The summed E-state index contributed by atoms with van der Waals surface area (Å²) in [4.78, 5) is 16.9. The lowest BCUT2D eigenvalue weighted by Crippen LogP contribution is -2.38. The molecule has 37 heavy (non-hydrogen) atoms.